The van der Waals surface area contributed by atoms with E-state index >= 15 is 0 Å². The lowest BCUT2D eigenvalue weighted by atomic mass is 9.81. The fraction of sp³-hybridized carbons (Fsp3) is 0.381. The van der Waals surface area contributed by atoms with Gasteiger partial charge in [-0.3, -0.25) is 4.90 Å². The number of aromatic nitrogens is 1. The monoisotopic (exact) mass is 350 g/mol. The summed E-state index contributed by atoms with van der Waals surface area (Å²) in [7, 11) is 0. The maximum absolute atomic E-state index is 6.31. The highest BCUT2D eigenvalue weighted by Gasteiger charge is 2.41. The standard InChI is InChI=1S/C21H22N2OS/c1-14-20(15-7-10-23(14)11-8-15)24-19-6-5-17(13-22-19)18-4-2-3-16-9-12-25-21(16)18/h2-6,9,12-15,20H,7-8,10-11H2,1H3/t14-,20-/m0/s1. The van der Waals surface area contributed by atoms with Gasteiger partial charge in [-0.05, 0) is 61.7 Å². The molecule has 2 atom stereocenters. The predicted molar refractivity (Wildman–Crippen MR) is 103 cm³/mol. The van der Waals surface area contributed by atoms with E-state index in [2.05, 4.69) is 52.5 Å². The maximum atomic E-state index is 6.31. The summed E-state index contributed by atoms with van der Waals surface area (Å²) in [6.07, 6.45) is 4.75. The molecule has 128 valence electrons. The normalized spacial score (nSPS) is 28.4. The Kier molecular flexibility index (Phi) is 3.75. The first kappa shape index (κ1) is 15.4. The van der Waals surface area contributed by atoms with Crippen LogP contribution in [0.3, 0.4) is 0 Å². The average molecular weight is 350 g/mol. The number of nitrogens with zero attached hydrogens (tertiary/aromatic N) is 2. The first-order chi connectivity index (χ1) is 12.3. The van der Waals surface area contributed by atoms with Gasteiger partial charge in [0.2, 0.25) is 5.88 Å². The van der Waals surface area contributed by atoms with Crippen molar-refractivity contribution in [3.63, 3.8) is 0 Å². The number of ether oxygens (including phenoxy) is 1. The second-order valence-electron chi connectivity index (χ2n) is 7.23. The van der Waals surface area contributed by atoms with E-state index in [1.807, 2.05) is 12.3 Å². The van der Waals surface area contributed by atoms with E-state index < -0.39 is 0 Å². The highest BCUT2D eigenvalue weighted by atomic mass is 32.1. The van der Waals surface area contributed by atoms with Gasteiger partial charge in [-0.2, -0.15) is 0 Å². The molecular weight excluding hydrogens is 328 g/mol. The number of benzene rings is 1. The highest BCUT2D eigenvalue weighted by molar-refractivity contribution is 7.17. The molecule has 0 N–H and O–H groups in total. The number of pyridine rings is 1. The van der Waals surface area contributed by atoms with Crippen LogP contribution in [-0.4, -0.2) is 35.1 Å². The van der Waals surface area contributed by atoms with Crippen molar-refractivity contribution in [3.05, 3.63) is 48.0 Å². The summed E-state index contributed by atoms with van der Waals surface area (Å²) < 4.78 is 7.64. The zero-order valence-electron chi connectivity index (χ0n) is 14.4. The zero-order valence-corrected chi connectivity index (χ0v) is 15.2. The molecule has 1 aromatic carbocycles. The van der Waals surface area contributed by atoms with Crippen molar-refractivity contribution in [3.8, 4) is 17.0 Å². The Labute approximate surface area is 152 Å². The molecule has 3 aliphatic heterocycles. The van der Waals surface area contributed by atoms with E-state index in [1.165, 1.54) is 41.6 Å². The summed E-state index contributed by atoms with van der Waals surface area (Å²) in [5, 5.41) is 3.44. The Morgan fingerprint density at radius 2 is 2.00 bits per heavy atom. The molecule has 3 fully saturated rings. The topological polar surface area (TPSA) is 25.4 Å². The molecule has 6 rings (SSSR count). The van der Waals surface area contributed by atoms with Gasteiger partial charge in [0, 0.05) is 34.1 Å². The minimum atomic E-state index is 0.279. The minimum absolute atomic E-state index is 0.279. The van der Waals surface area contributed by atoms with Crippen LogP contribution in [0.1, 0.15) is 19.8 Å². The van der Waals surface area contributed by atoms with Gasteiger partial charge in [-0.15, -0.1) is 11.3 Å². The van der Waals surface area contributed by atoms with Gasteiger partial charge >= 0.3 is 0 Å². The smallest absolute Gasteiger partial charge is 0.213 e. The maximum Gasteiger partial charge on any atom is 0.213 e. The molecule has 5 heterocycles. The van der Waals surface area contributed by atoms with Crippen LogP contribution in [0.2, 0.25) is 0 Å². The summed E-state index contributed by atoms with van der Waals surface area (Å²) in [4.78, 5) is 7.17. The first-order valence-electron chi connectivity index (χ1n) is 9.13. The number of hydrogen-bond acceptors (Lipinski definition) is 4. The van der Waals surface area contributed by atoms with Crippen LogP contribution in [-0.2, 0) is 0 Å². The van der Waals surface area contributed by atoms with Crippen molar-refractivity contribution in [1.29, 1.82) is 0 Å². The Balaban J connectivity index is 1.40. The van der Waals surface area contributed by atoms with E-state index in [0.29, 0.717) is 12.0 Å². The van der Waals surface area contributed by atoms with Crippen LogP contribution in [0.5, 0.6) is 5.88 Å². The van der Waals surface area contributed by atoms with Crippen LogP contribution in [0.4, 0.5) is 0 Å². The molecule has 3 aliphatic rings. The minimum Gasteiger partial charge on any atom is -0.472 e. The SMILES string of the molecule is C[C@H]1[C@H](Oc2ccc(-c3cccc4ccsc34)cn2)C2CCN1CC2. The number of rotatable bonds is 3. The van der Waals surface area contributed by atoms with Crippen LogP contribution in [0, 0.1) is 5.92 Å². The molecule has 0 unspecified atom stereocenters. The molecule has 4 heteroatoms. The zero-order chi connectivity index (χ0) is 16.8. The van der Waals surface area contributed by atoms with Gasteiger partial charge in [-0.1, -0.05) is 18.2 Å². The van der Waals surface area contributed by atoms with E-state index in [9.17, 15) is 0 Å². The second kappa shape index (κ2) is 6.11. The van der Waals surface area contributed by atoms with Gasteiger partial charge < -0.3 is 4.74 Å². The fourth-order valence-corrected chi connectivity index (χ4v) is 5.36. The van der Waals surface area contributed by atoms with Crippen molar-refractivity contribution in [2.45, 2.75) is 31.9 Å². The lowest BCUT2D eigenvalue weighted by Gasteiger charge is -2.49. The largest absolute Gasteiger partial charge is 0.472 e. The van der Waals surface area contributed by atoms with E-state index in [0.717, 1.165) is 11.4 Å². The van der Waals surface area contributed by atoms with Crippen molar-refractivity contribution in [2.75, 3.05) is 13.1 Å². The lowest BCUT2D eigenvalue weighted by Crippen LogP contribution is -2.58. The molecule has 0 amide bonds. The van der Waals surface area contributed by atoms with E-state index in [1.54, 1.807) is 11.3 Å². The number of hydrogen-bond donors (Lipinski definition) is 0. The summed E-state index contributed by atoms with van der Waals surface area (Å²) >= 11 is 1.79. The van der Waals surface area contributed by atoms with Gasteiger partial charge in [0.05, 0.1) is 0 Å². The number of fused-ring (bicyclic) bond motifs is 4. The van der Waals surface area contributed by atoms with Crippen LogP contribution in [0.15, 0.2) is 48.0 Å². The van der Waals surface area contributed by atoms with Gasteiger partial charge in [0.15, 0.2) is 0 Å². The molecule has 25 heavy (non-hydrogen) atoms. The molecule has 0 saturated carbocycles. The molecule has 3 nitrogen and oxygen atoms in total. The molecule has 3 saturated heterocycles. The summed E-state index contributed by atoms with van der Waals surface area (Å²) in [6.45, 7) is 4.74. The van der Waals surface area contributed by atoms with Gasteiger partial charge in [0.25, 0.3) is 0 Å². The Morgan fingerprint density at radius 1 is 1.12 bits per heavy atom. The molecule has 0 spiro atoms. The van der Waals surface area contributed by atoms with E-state index in [-0.39, 0.29) is 6.10 Å². The predicted octanol–water partition coefficient (Wildman–Crippen LogP) is 4.82. The first-order valence-corrected chi connectivity index (χ1v) is 10.0. The average Bonchev–Trinajstić information content (AvgIpc) is 3.14. The van der Waals surface area contributed by atoms with Crippen molar-refractivity contribution in [1.82, 2.24) is 9.88 Å². The Bertz CT molecular complexity index is 878. The van der Waals surface area contributed by atoms with Crippen molar-refractivity contribution in [2.24, 2.45) is 5.92 Å². The quantitative estimate of drug-likeness (QED) is 0.677. The third-order valence-corrected chi connectivity index (χ3v) is 6.84. The summed E-state index contributed by atoms with van der Waals surface area (Å²) in [6, 6.07) is 13.3. The van der Waals surface area contributed by atoms with Crippen LogP contribution >= 0.6 is 11.3 Å². The summed E-state index contributed by atoms with van der Waals surface area (Å²) in [5.74, 6) is 1.44. The van der Waals surface area contributed by atoms with E-state index in [4.69, 9.17) is 4.74 Å². The molecule has 0 aliphatic carbocycles. The number of thiophene rings is 1. The number of piperidine rings is 3. The third kappa shape index (κ3) is 2.64. The molecule has 2 aromatic heterocycles. The van der Waals surface area contributed by atoms with Crippen molar-refractivity contribution < 1.29 is 4.74 Å². The summed E-state index contributed by atoms with van der Waals surface area (Å²) in [5.41, 5.74) is 2.41. The van der Waals surface area contributed by atoms with Crippen LogP contribution < -0.4 is 4.74 Å². The second-order valence-corrected chi connectivity index (χ2v) is 8.14. The molecule has 0 radical (unpaired) electrons. The van der Waals surface area contributed by atoms with Crippen molar-refractivity contribution >= 4 is 21.4 Å². The Hall–Kier alpha value is -1.91. The highest BCUT2D eigenvalue weighted by Crippen LogP contribution is 2.36. The molecular formula is C21H22N2OS. The van der Waals surface area contributed by atoms with Crippen LogP contribution in [0.25, 0.3) is 21.2 Å². The third-order valence-electron chi connectivity index (χ3n) is 5.87. The fourth-order valence-electron chi connectivity index (χ4n) is 4.42. The lowest BCUT2D eigenvalue weighted by molar-refractivity contribution is -0.0525. The molecule has 3 aromatic rings. The van der Waals surface area contributed by atoms with Gasteiger partial charge in [-0.25, -0.2) is 4.98 Å². The van der Waals surface area contributed by atoms with Gasteiger partial charge in [0.1, 0.15) is 6.10 Å². The molecule has 2 bridgehead atoms. The Morgan fingerprint density at radius 3 is 2.76 bits per heavy atom.